The highest BCUT2D eigenvalue weighted by molar-refractivity contribution is 7.07. The Labute approximate surface area is 189 Å². The molecule has 168 valence electrons. The van der Waals surface area contributed by atoms with Gasteiger partial charge in [0, 0.05) is 18.2 Å². The predicted molar refractivity (Wildman–Crippen MR) is 124 cm³/mol. The van der Waals surface area contributed by atoms with Crippen molar-refractivity contribution < 1.29 is 14.3 Å². The van der Waals surface area contributed by atoms with Gasteiger partial charge in [-0.3, -0.25) is 14.2 Å². The standard InChI is InChI=1S/C22H25N5O4S/c1-6-11-31-20(29)14(12-23)19-27(7-2)18(28)15(32-19)13-24-16-9-8-10-17(25-16)26-21(30)22(3,4)5/h6,8-10,13H,1,7,11H2,2-5H3,(H2,24,25,26,30)/b15-13+,19-14-. The van der Waals surface area contributed by atoms with E-state index in [2.05, 4.69) is 22.2 Å². The second-order valence-electron chi connectivity index (χ2n) is 7.60. The average molecular weight is 456 g/mol. The molecule has 0 saturated carbocycles. The summed E-state index contributed by atoms with van der Waals surface area (Å²) < 4.78 is 6.77. The molecule has 9 nitrogen and oxygen atoms in total. The van der Waals surface area contributed by atoms with Crippen LogP contribution in [-0.4, -0.2) is 28.0 Å². The predicted octanol–water partition coefficient (Wildman–Crippen LogP) is 1.56. The molecule has 0 aliphatic carbocycles. The van der Waals surface area contributed by atoms with E-state index in [4.69, 9.17) is 4.74 Å². The molecule has 0 spiro atoms. The Hall–Kier alpha value is -3.71. The average Bonchev–Trinajstić information content (AvgIpc) is 3.05. The molecule has 2 heterocycles. The van der Waals surface area contributed by atoms with Gasteiger partial charge in [-0.15, -0.1) is 11.3 Å². The Morgan fingerprint density at radius 3 is 2.62 bits per heavy atom. The molecule has 0 bridgehead atoms. The van der Waals surface area contributed by atoms with Crippen molar-refractivity contribution in [2.75, 3.05) is 17.2 Å². The fraction of sp³-hybridized carbons (Fsp3) is 0.318. The zero-order chi connectivity index (χ0) is 23.9. The van der Waals surface area contributed by atoms with Gasteiger partial charge in [-0.25, -0.2) is 9.78 Å². The molecule has 2 N–H and O–H groups in total. The fourth-order valence-corrected chi connectivity index (χ4v) is 3.49. The van der Waals surface area contributed by atoms with Gasteiger partial charge in [-0.2, -0.15) is 5.26 Å². The molecule has 10 heteroatoms. The first kappa shape index (κ1) is 24.6. The van der Waals surface area contributed by atoms with E-state index in [-0.39, 0.29) is 39.4 Å². The van der Waals surface area contributed by atoms with Crippen molar-refractivity contribution in [2.24, 2.45) is 5.41 Å². The summed E-state index contributed by atoms with van der Waals surface area (Å²) in [6.07, 6.45) is 2.84. The maximum Gasteiger partial charge on any atom is 0.352 e. The van der Waals surface area contributed by atoms with Gasteiger partial charge in [0.05, 0.1) is 0 Å². The van der Waals surface area contributed by atoms with Crippen molar-refractivity contribution >= 4 is 46.6 Å². The molecular weight excluding hydrogens is 430 g/mol. The van der Waals surface area contributed by atoms with Crippen LogP contribution in [0.5, 0.6) is 0 Å². The summed E-state index contributed by atoms with van der Waals surface area (Å²) in [6, 6.07) is 6.87. The number of amides is 1. The lowest BCUT2D eigenvalue weighted by Crippen LogP contribution is -2.32. The number of ether oxygens (including phenoxy) is 1. The number of nitriles is 1. The summed E-state index contributed by atoms with van der Waals surface area (Å²) in [6.45, 7) is 10.8. The lowest BCUT2D eigenvalue weighted by Gasteiger charge is -2.17. The van der Waals surface area contributed by atoms with Gasteiger partial charge in [0.1, 0.15) is 33.5 Å². The van der Waals surface area contributed by atoms with Gasteiger partial charge in [-0.05, 0) is 19.1 Å². The minimum Gasteiger partial charge on any atom is -0.457 e. The lowest BCUT2D eigenvalue weighted by atomic mass is 9.96. The normalized spacial score (nSPS) is 12.5. The van der Waals surface area contributed by atoms with Crippen LogP contribution in [-0.2, 0) is 20.9 Å². The van der Waals surface area contributed by atoms with Gasteiger partial charge < -0.3 is 15.4 Å². The van der Waals surface area contributed by atoms with E-state index in [0.717, 1.165) is 11.3 Å². The second kappa shape index (κ2) is 10.5. The molecular formula is C22H25N5O4S. The fourth-order valence-electron chi connectivity index (χ4n) is 2.41. The quantitative estimate of drug-likeness (QED) is 0.479. The largest absolute Gasteiger partial charge is 0.457 e. The first-order valence-electron chi connectivity index (χ1n) is 9.79. The van der Waals surface area contributed by atoms with Crippen molar-refractivity contribution in [3.63, 3.8) is 0 Å². The third kappa shape index (κ3) is 5.92. The monoisotopic (exact) mass is 455 g/mol. The molecule has 0 unspecified atom stereocenters. The maximum atomic E-state index is 12.8. The van der Waals surface area contributed by atoms with Gasteiger partial charge >= 0.3 is 5.97 Å². The van der Waals surface area contributed by atoms with E-state index >= 15 is 0 Å². The number of hydrogen-bond acceptors (Lipinski definition) is 8. The van der Waals surface area contributed by atoms with E-state index < -0.39 is 11.4 Å². The van der Waals surface area contributed by atoms with Crippen LogP contribution in [0.1, 0.15) is 27.7 Å². The van der Waals surface area contributed by atoms with Crippen LogP contribution in [0.25, 0.3) is 11.8 Å². The number of aromatic nitrogens is 2. The molecule has 0 atom stereocenters. The number of anilines is 2. The van der Waals surface area contributed by atoms with E-state index in [9.17, 15) is 19.6 Å². The number of esters is 1. The molecule has 2 aromatic heterocycles. The molecule has 0 aliphatic heterocycles. The van der Waals surface area contributed by atoms with Crippen molar-refractivity contribution in [3.8, 4) is 6.07 Å². The minimum absolute atomic E-state index is 0.0416. The van der Waals surface area contributed by atoms with Crippen LogP contribution in [0.15, 0.2) is 35.6 Å². The van der Waals surface area contributed by atoms with Crippen LogP contribution in [0.3, 0.4) is 0 Å². The summed E-state index contributed by atoms with van der Waals surface area (Å²) in [5.41, 5.74) is -1.18. The highest BCUT2D eigenvalue weighted by Crippen LogP contribution is 2.17. The Bertz CT molecular complexity index is 1240. The summed E-state index contributed by atoms with van der Waals surface area (Å²) in [7, 11) is 0. The van der Waals surface area contributed by atoms with Gasteiger partial charge in [0.25, 0.3) is 5.56 Å². The topological polar surface area (TPSA) is 126 Å². The Kier molecular flexibility index (Phi) is 8.09. The van der Waals surface area contributed by atoms with Gasteiger partial charge in [-0.1, -0.05) is 39.5 Å². The summed E-state index contributed by atoms with van der Waals surface area (Å²) in [5.74, 6) is -0.225. The Morgan fingerprint density at radius 2 is 2.03 bits per heavy atom. The van der Waals surface area contributed by atoms with Gasteiger partial charge in [0.2, 0.25) is 5.91 Å². The van der Waals surface area contributed by atoms with Crippen molar-refractivity contribution in [1.82, 2.24) is 9.55 Å². The number of pyridine rings is 1. The number of nitrogens with zero attached hydrogens (tertiary/aromatic N) is 3. The van der Waals surface area contributed by atoms with E-state index in [1.807, 2.05) is 6.07 Å². The third-order valence-corrected chi connectivity index (χ3v) is 5.24. The second-order valence-corrected chi connectivity index (χ2v) is 8.63. The van der Waals surface area contributed by atoms with E-state index in [0.29, 0.717) is 11.6 Å². The summed E-state index contributed by atoms with van der Waals surface area (Å²) >= 11 is 0.991. The lowest BCUT2D eigenvalue weighted by molar-refractivity contribution is -0.135. The zero-order valence-corrected chi connectivity index (χ0v) is 19.2. The summed E-state index contributed by atoms with van der Waals surface area (Å²) in [4.78, 5) is 41.4. The molecule has 0 aromatic carbocycles. The highest BCUT2D eigenvalue weighted by atomic mass is 32.1. The molecule has 0 radical (unpaired) electrons. The molecule has 32 heavy (non-hydrogen) atoms. The third-order valence-electron chi connectivity index (χ3n) is 4.11. The molecule has 0 fully saturated rings. The smallest absolute Gasteiger partial charge is 0.352 e. The number of hydrogen-bond donors (Lipinski definition) is 2. The summed E-state index contributed by atoms with van der Waals surface area (Å²) in [5, 5.41) is 15.1. The first-order chi connectivity index (χ1) is 15.1. The van der Waals surface area contributed by atoms with Crippen molar-refractivity contribution in [3.05, 3.63) is 50.4 Å². The van der Waals surface area contributed by atoms with Crippen LogP contribution in [0.2, 0.25) is 0 Å². The first-order valence-corrected chi connectivity index (χ1v) is 10.6. The highest BCUT2D eigenvalue weighted by Gasteiger charge is 2.21. The van der Waals surface area contributed by atoms with Crippen LogP contribution in [0, 0.1) is 16.7 Å². The molecule has 1 amide bonds. The number of thiazole rings is 1. The number of nitrogens with one attached hydrogen (secondary N) is 2. The van der Waals surface area contributed by atoms with E-state index in [1.165, 1.54) is 16.8 Å². The van der Waals surface area contributed by atoms with Gasteiger partial charge in [0.15, 0.2) is 5.57 Å². The number of carbonyl (C=O) groups excluding carboxylic acids is 2. The Morgan fingerprint density at radius 1 is 1.34 bits per heavy atom. The Balaban J connectivity index is 2.42. The van der Waals surface area contributed by atoms with Crippen LogP contribution in [0.4, 0.5) is 11.6 Å². The maximum absolute atomic E-state index is 12.8. The molecule has 2 rings (SSSR count). The van der Waals surface area contributed by atoms with Crippen molar-refractivity contribution in [1.29, 1.82) is 5.26 Å². The molecule has 2 aromatic rings. The van der Waals surface area contributed by atoms with E-state index in [1.54, 1.807) is 45.9 Å². The van der Waals surface area contributed by atoms with Crippen molar-refractivity contribution in [2.45, 2.75) is 34.2 Å². The minimum atomic E-state index is -0.820. The zero-order valence-electron chi connectivity index (χ0n) is 18.4. The SMILES string of the molecule is C=CCOC(=O)/C(C#N)=c1\s/c(=C/Nc2cccc(NC(=O)C(C)(C)C)n2)c(=O)n1CC. The molecule has 0 aliphatic rings. The number of rotatable bonds is 7. The molecule has 0 saturated heterocycles. The van der Waals surface area contributed by atoms with Crippen LogP contribution < -0.4 is 25.4 Å². The number of carbonyl (C=O) groups is 2. The van der Waals surface area contributed by atoms with Crippen LogP contribution >= 0.6 is 11.3 Å².